The molecule has 0 unspecified atom stereocenters. The Labute approximate surface area is 86.6 Å². The second-order valence-corrected chi connectivity index (χ2v) is 4.43. The molecule has 0 amide bonds. The van der Waals surface area contributed by atoms with Gasteiger partial charge < -0.3 is 0 Å². The van der Waals surface area contributed by atoms with Gasteiger partial charge in [0.25, 0.3) is 0 Å². The summed E-state index contributed by atoms with van der Waals surface area (Å²) in [6, 6.07) is 6.84. The maximum Gasteiger partial charge on any atom is 0.229 e. The smallest absolute Gasteiger partial charge is 0.229 e. The van der Waals surface area contributed by atoms with Crippen molar-refractivity contribution in [3.8, 4) is 0 Å². The Kier molecular flexibility index (Phi) is 3.77. The number of hydrogen-bond donors (Lipinski definition) is 1. The Morgan fingerprint density at radius 3 is 2.64 bits per heavy atom. The van der Waals surface area contributed by atoms with Gasteiger partial charge in [-0.3, -0.25) is 4.63 Å². The fraction of sp³-hybridized carbons (Fsp3) is 0.250. The van der Waals surface area contributed by atoms with Crippen LogP contribution >= 0.6 is 0 Å². The molecule has 1 rings (SSSR count). The van der Waals surface area contributed by atoms with Gasteiger partial charge >= 0.3 is 0 Å². The molecular weight excluding hydrogens is 196 g/mol. The minimum atomic E-state index is -3.48. The van der Waals surface area contributed by atoms with Crippen LogP contribution in [0.4, 0.5) is 0 Å². The van der Waals surface area contributed by atoms with Gasteiger partial charge in [-0.25, -0.2) is 8.42 Å². The number of nitrogens with one attached hydrogen (secondary N) is 1. The van der Waals surface area contributed by atoms with Crippen LogP contribution in [0.2, 0.25) is 0 Å². The molecule has 0 atom stereocenters. The maximum absolute atomic E-state index is 11.6. The van der Waals surface area contributed by atoms with E-state index < -0.39 is 10.0 Å². The van der Waals surface area contributed by atoms with Crippen LogP contribution in [0.5, 0.6) is 0 Å². The summed E-state index contributed by atoms with van der Waals surface area (Å²) < 4.78 is 25.3. The zero-order valence-corrected chi connectivity index (χ0v) is 8.71. The number of rotatable bonds is 4. The highest BCUT2D eigenvalue weighted by Crippen LogP contribution is 2.14. The summed E-state index contributed by atoms with van der Waals surface area (Å²) in [4.78, 5) is 0.282. The van der Waals surface area contributed by atoms with Crippen LogP contribution in [-0.4, -0.2) is 23.5 Å². The van der Waals surface area contributed by atoms with Crippen molar-refractivity contribution in [1.29, 1.82) is 0 Å². The molecule has 0 spiro atoms. The summed E-state index contributed by atoms with van der Waals surface area (Å²) in [5, 5.41) is 0. The topological polar surface area (TPSA) is 46.2 Å². The van der Waals surface area contributed by atoms with Crippen LogP contribution in [0.25, 0.3) is 0 Å². The molecular formula is C8H10B2NO2S. The van der Waals surface area contributed by atoms with Crippen molar-refractivity contribution in [2.24, 2.45) is 0 Å². The van der Waals surface area contributed by atoms with Crippen molar-refractivity contribution in [3.05, 3.63) is 29.8 Å². The van der Waals surface area contributed by atoms with Crippen LogP contribution in [0, 0.1) is 0 Å². The third-order valence-electron chi connectivity index (χ3n) is 1.87. The van der Waals surface area contributed by atoms with Crippen molar-refractivity contribution >= 4 is 25.1 Å². The van der Waals surface area contributed by atoms with E-state index in [1.54, 1.807) is 18.2 Å². The van der Waals surface area contributed by atoms with Crippen LogP contribution in [0.1, 0.15) is 12.5 Å². The molecule has 1 aromatic rings. The van der Waals surface area contributed by atoms with Gasteiger partial charge in [0.05, 0.1) is 4.90 Å². The summed E-state index contributed by atoms with van der Waals surface area (Å²) in [7, 11) is 2.46. The molecule has 1 N–H and O–H groups in total. The second-order valence-electron chi connectivity index (χ2n) is 2.75. The van der Waals surface area contributed by atoms with E-state index >= 15 is 0 Å². The van der Waals surface area contributed by atoms with Gasteiger partial charge in [-0.05, 0) is 18.1 Å². The molecule has 0 aliphatic heterocycles. The Hall–Kier alpha value is -0.740. The summed E-state index contributed by atoms with van der Waals surface area (Å²) in [5.74, 6) is 0. The predicted molar refractivity (Wildman–Crippen MR) is 57.6 cm³/mol. The van der Waals surface area contributed by atoms with Crippen LogP contribution < -0.4 is 4.63 Å². The van der Waals surface area contributed by atoms with Crippen LogP contribution in [-0.2, 0) is 16.4 Å². The molecule has 14 heavy (non-hydrogen) atoms. The molecule has 0 saturated carbocycles. The van der Waals surface area contributed by atoms with Gasteiger partial charge in [0, 0.05) is 7.74 Å². The third-order valence-corrected chi connectivity index (χ3v) is 3.29. The van der Waals surface area contributed by atoms with E-state index in [0.717, 1.165) is 12.9 Å². The summed E-state index contributed by atoms with van der Waals surface area (Å²) in [6.07, 6.45) is 0.668. The van der Waals surface area contributed by atoms with Gasteiger partial charge in [-0.15, -0.1) is 0 Å². The zero-order valence-electron chi connectivity index (χ0n) is 7.90. The fourth-order valence-corrected chi connectivity index (χ4v) is 2.33. The fourth-order valence-electron chi connectivity index (χ4n) is 1.21. The second kappa shape index (κ2) is 4.66. The molecule has 3 radical (unpaired) electrons. The van der Waals surface area contributed by atoms with E-state index in [-0.39, 0.29) is 4.90 Å². The molecule has 0 saturated heterocycles. The predicted octanol–water partition coefficient (Wildman–Crippen LogP) is 0.230. The van der Waals surface area contributed by atoms with Crippen molar-refractivity contribution in [3.63, 3.8) is 0 Å². The minimum absolute atomic E-state index is 0.282. The van der Waals surface area contributed by atoms with Crippen molar-refractivity contribution < 1.29 is 8.42 Å². The van der Waals surface area contributed by atoms with Crippen molar-refractivity contribution in [1.82, 2.24) is 4.63 Å². The average Bonchev–Trinajstić information content (AvgIpc) is 2.18. The highest BCUT2D eigenvalue weighted by molar-refractivity contribution is 7.90. The van der Waals surface area contributed by atoms with E-state index in [2.05, 4.69) is 4.63 Å². The lowest BCUT2D eigenvalue weighted by Crippen LogP contribution is -2.28. The van der Waals surface area contributed by atoms with E-state index in [1.165, 1.54) is 0 Å². The Morgan fingerprint density at radius 2 is 2.07 bits per heavy atom. The third kappa shape index (κ3) is 2.39. The van der Waals surface area contributed by atoms with Crippen molar-refractivity contribution in [2.75, 3.05) is 0 Å². The molecule has 0 aliphatic carbocycles. The molecule has 0 aromatic heterocycles. The SMILES string of the molecule is [B][B]NS(=O)(=O)c1ccccc1CC. The first-order valence-corrected chi connectivity index (χ1v) is 5.73. The summed E-state index contributed by atoms with van der Waals surface area (Å²) in [6.45, 7) is 1.90. The van der Waals surface area contributed by atoms with Gasteiger partial charge in [0.15, 0.2) is 7.31 Å². The minimum Gasteiger partial charge on any atom is -0.267 e. The first-order valence-electron chi connectivity index (χ1n) is 4.25. The molecule has 0 heterocycles. The Bertz CT molecular complexity index is 406. The van der Waals surface area contributed by atoms with Crippen LogP contribution in [0.3, 0.4) is 0 Å². The van der Waals surface area contributed by atoms with Crippen molar-refractivity contribution in [2.45, 2.75) is 18.2 Å². The number of aryl methyl sites for hydroxylation is 1. The van der Waals surface area contributed by atoms with E-state index in [9.17, 15) is 8.42 Å². The largest absolute Gasteiger partial charge is 0.267 e. The standard InChI is InChI=1S/C8H10B2NO2S/c1-2-7-5-3-4-6-8(7)14(12,13)11-10-9/h3-6,11H,2H2,1H3. The van der Waals surface area contributed by atoms with E-state index in [1.807, 2.05) is 13.0 Å². The summed E-state index contributed by atoms with van der Waals surface area (Å²) in [5.41, 5.74) is 0.779. The quantitative estimate of drug-likeness (QED) is 0.716. The molecule has 3 nitrogen and oxygen atoms in total. The lowest BCUT2D eigenvalue weighted by Gasteiger charge is -2.08. The van der Waals surface area contributed by atoms with Gasteiger partial charge in [-0.1, -0.05) is 25.1 Å². The molecule has 71 valence electrons. The molecule has 1 aromatic carbocycles. The first-order chi connectivity index (χ1) is 6.61. The highest BCUT2D eigenvalue weighted by atomic mass is 32.2. The molecule has 0 fully saturated rings. The van der Waals surface area contributed by atoms with E-state index in [0.29, 0.717) is 6.42 Å². The van der Waals surface area contributed by atoms with E-state index in [4.69, 9.17) is 7.74 Å². The highest BCUT2D eigenvalue weighted by Gasteiger charge is 2.14. The number of sulfonamides is 1. The molecule has 0 aliphatic rings. The van der Waals surface area contributed by atoms with Gasteiger partial charge in [0.1, 0.15) is 0 Å². The lowest BCUT2D eigenvalue weighted by atomic mass is 9.69. The van der Waals surface area contributed by atoms with Gasteiger partial charge in [-0.2, -0.15) is 0 Å². The first kappa shape index (κ1) is 11.3. The zero-order chi connectivity index (χ0) is 10.6. The molecule has 6 heteroatoms. The number of benzene rings is 1. The molecule has 0 bridgehead atoms. The normalized spacial score (nSPS) is 11.2. The average molecular weight is 206 g/mol. The lowest BCUT2D eigenvalue weighted by molar-refractivity contribution is 0.592. The van der Waals surface area contributed by atoms with Gasteiger partial charge in [0.2, 0.25) is 10.0 Å². The maximum atomic E-state index is 11.6. The Morgan fingerprint density at radius 1 is 1.43 bits per heavy atom. The van der Waals surface area contributed by atoms with Crippen LogP contribution in [0.15, 0.2) is 29.2 Å². The number of hydrogen-bond acceptors (Lipinski definition) is 2. The summed E-state index contributed by atoms with van der Waals surface area (Å²) >= 11 is 0. The Balaban J connectivity index is 3.18. The monoisotopic (exact) mass is 206 g/mol.